The van der Waals surface area contributed by atoms with Crippen LogP contribution in [0.3, 0.4) is 0 Å². The van der Waals surface area contributed by atoms with Gasteiger partial charge in [-0.3, -0.25) is 4.79 Å². The predicted molar refractivity (Wildman–Crippen MR) is 118 cm³/mol. The Balaban J connectivity index is 1.50. The van der Waals surface area contributed by atoms with Crippen molar-refractivity contribution in [1.29, 1.82) is 0 Å². The molecule has 1 N–H and O–H groups in total. The van der Waals surface area contributed by atoms with Crippen LogP contribution < -0.4 is 5.32 Å². The van der Waals surface area contributed by atoms with E-state index in [1.165, 1.54) is 0 Å². The molecule has 7 heteroatoms. The third-order valence-electron chi connectivity index (χ3n) is 5.14. The molecule has 3 rings (SSSR count). The molecule has 1 heterocycles. The summed E-state index contributed by atoms with van der Waals surface area (Å²) in [4.78, 5) is 12.4. The van der Waals surface area contributed by atoms with E-state index >= 15 is 0 Å². The molecule has 1 aliphatic rings. The molecule has 0 unspecified atom stereocenters. The lowest BCUT2D eigenvalue weighted by Gasteiger charge is -2.20. The highest BCUT2D eigenvalue weighted by atomic mass is 79.9. The van der Waals surface area contributed by atoms with Gasteiger partial charge in [0.15, 0.2) is 0 Å². The molecule has 1 fully saturated rings. The smallest absolute Gasteiger partial charge is 0.243 e. The maximum atomic E-state index is 12.8. The van der Waals surface area contributed by atoms with E-state index in [2.05, 4.69) is 21.2 Å². The van der Waals surface area contributed by atoms with Crippen LogP contribution in [0.2, 0.25) is 0 Å². The van der Waals surface area contributed by atoms with Gasteiger partial charge in [-0.15, -0.1) is 0 Å². The van der Waals surface area contributed by atoms with E-state index in [1.54, 1.807) is 16.4 Å². The summed E-state index contributed by atoms with van der Waals surface area (Å²) < 4.78 is 28.2. The summed E-state index contributed by atoms with van der Waals surface area (Å²) in [7, 11) is -3.41. The van der Waals surface area contributed by atoms with E-state index in [0.717, 1.165) is 41.3 Å². The Morgan fingerprint density at radius 1 is 0.897 bits per heavy atom. The van der Waals surface area contributed by atoms with Crippen molar-refractivity contribution in [3.63, 3.8) is 0 Å². The average molecular weight is 479 g/mol. The Hall–Kier alpha value is -1.70. The fourth-order valence-electron chi connectivity index (χ4n) is 3.46. The fraction of sp³-hybridized carbons (Fsp3) is 0.409. The molecule has 0 aromatic heterocycles. The van der Waals surface area contributed by atoms with Gasteiger partial charge in [-0.25, -0.2) is 8.42 Å². The first-order valence-corrected chi connectivity index (χ1v) is 12.3. The molecule has 2 aromatic rings. The Morgan fingerprint density at radius 2 is 1.48 bits per heavy atom. The molecular formula is C22H27BrN2O3S. The molecular weight excluding hydrogens is 452 g/mol. The fourth-order valence-corrected chi connectivity index (χ4v) is 5.24. The summed E-state index contributed by atoms with van der Waals surface area (Å²) in [5.74, 6) is -0.0207. The van der Waals surface area contributed by atoms with Gasteiger partial charge in [0.2, 0.25) is 15.9 Å². The Bertz CT molecular complexity index is 904. The van der Waals surface area contributed by atoms with Crippen molar-refractivity contribution in [3.8, 4) is 0 Å². The minimum absolute atomic E-state index is 0.0207. The van der Waals surface area contributed by atoms with E-state index in [0.29, 0.717) is 37.4 Å². The number of rotatable bonds is 7. The molecule has 2 aromatic carbocycles. The quantitative estimate of drug-likeness (QED) is 0.655. The lowest BCUT2D eigenvalue weighted by molar-refractivity contribution is -0.120. The van der Waals surface area contributed by atoms with Crippen LogP contribution in [-0.2, 0) is 27.7 Å². The summed E-state index contributed by atoms with van der Waals surface area (Å²) in [6.07, 6.45) is 5.06. The van der Waals surface area contributed by atoms with Crippen molar-refractivity contribution in [3.05, 3.63) is 64.1 Å². The Labute approximate surface area is 181 Å². The van der Waals surface area contributed by atoms with Crippen molar-refractivity contribution in [2.45, 2.75) is 43.4 Å². The minimum Gasteiger partial charge on any atom is -0.355 e. The molecule has 0 bridgehead atoms. The van der Waals surface area contributed by atoms with E-state index in [4.69, 9.17) is 0 Å². The molecule has 1 aliphatic heterocycles. The molecule has 0 saturated carbocycles. The molecule has 5 nitrogen and oxygen atoms in total. The summed E-state index contributed by atoms with van der Waals surface area (Å²) in [6, 6.07) is 14.7. The van der Waals surface area contributed by atoms with Crippen LogP contribution in [-0.4, -0.2) is 38.3 Å². The second-order valence-corrected chi connectivity index (χ2v) is 10.2. The zero-order valence-corrected chi connectivity index (χ0v) is 18.8. The van der Waals surface area contributed by atoms with Crippen molar-refractivity contribution < 1.29 is 13.2 Å². The van der Waals surface area contributed by atoms with Crippen LogP contribution in [0.1, 0.15) is 36.8 Å². The number of benzene rings is 2. The number of nitrogens with zero attached hydrogens (tertiary/aromatic N) is 1. The summed E-state index contributed by atoms with van der Waals surface area (Å²) >= 11 is 3.38. The van der Waals surface area contributed by atoms with E-state index in [1.807, 2.05) is 36.4 Å². The molecule has 0 atom stereocenters. The normalized spacial score (nSPS) is 15.6. The Morgan fingerprint density at radius 3 is 2.10 bits per heavy atom. The van der Waals surface area contributed by atoms with Crippen LogP contribution in [0.25, 0.3) is 0 Å². The third-order valence-corrected chi connectivity index (χ3v) is 7.58. The SMILES string of the molecule is O=C(Cc1ccc(Br)cc1)NCCc1ccc(S(=O)(=O)N2CCCCCC2)cc1. The van der Waals surface area contributed by atoms with Crippen molar-refractivity contribution in [2.75, 3.05) is 19.6 Å². The first-order chi connectivity index (χ1) is 13.9. The van der Waals surface area contributed by atoms with Gasteiger partial charge in [0.05, 0.1) is 11.3 Å². The number of amides is 1. The van der Waals surface area contributed by atoms with Gasteiger partial charge in [-0.2, -0.15) is 4.31 Å². The Kier molecular flexibility index (Phi) is 7.86. The van der Waals surface area contributed by atoms with Crippen LogP contribution in [0.15, 0.2) is 57.9 Å². The molecule has 0 spiro atoms. The van der Waals surface area contributed by atoms with Crippen LogP contribution >= 0.6 is 15.9 Å². The average Bonchev–Trinajstić information content (AvgIpc) is 3.00. The second kappa shape index (κ2) is 10.4. The van der Waals surface area contributed by atoms with Gasteiger partial charge < -0.3 is 5.32 Å². The van der Waals surface area contributed by atoms with Crippen LogP contribution in [0, 0.1) is 0 Å². The number of hydrogen-bond acceptors (Lipinski definition) is 3. The summed E-state index contributed by atoms with van der Waals surface area (Å²) in [5, 5.41) is 2.92. The van der Waals surface area contributed by atoms with Gasteiger partial charge >= 0.3 is 0 Å². The minimum atomic E-state index is -3.41. The largest absolute Gasteiger partial charge is 0.355 e. The van der Waals surface area contributed by atoms with Gasteiger partial charge in [0.1, 0.15) is 0 Å². The van der Waals surface area contributed by atoms with E-state index in [9.17, 15) is 13.2 Å². The topological polar surface area (TPSA) is 66.5 Å². The number of halogens is 1. The van der Waals surface area contributed by atoms with Crippen molar-refractivity contribution in [1.82, 2.24) is 9.62 Å². The molecule has 1 amide bonds. The summed E-state index contributed by atoms with van der Waals surface area (Å²) in [5.41, 5.74) is 1.97. The second-order valence-electron chi connectivity index (χ2n) is 7.37. The lowest BCUT2D eigenvalue weighted by atomic mass is 10.1. The highest BCUT2D eigenvalue weighted by molar-refractivity contribution is 9.10. The van der Waals surface area contributed by atoms with Gasteiger partial charge in [-0.05, 0) is 54.7 Å². The number of sulfonamides is 1. The molecule has 0 radical (unpaired) electrons. The summed E-state index contributed by atoms with van der Waals surface area (Å²) in [6.45, 7) is 1.73. The van der Waals surface area contributed by atoms with Crippen molar-refractivity contribution in [2.24, 2.45) is 0 Å². The van der Waals surface area contributed by atoms with Gasteiger partial charge in [0.25, 0.3) is 0 Å². The number of nitrogens with one attached hydrogen (secondary N) is 1. The molecule has 29 heavy (non-hydrogen) atoms. The van der Waals surface area contributed by atoms with Crippen LogP contribution in [0.4, 0.5) is 0 Å². The van der Waals surface area contributed by atoms with E-state index in [-0.39, 0.29) is 5.91 Å². The first kappa shape index (κ1) is 22.0. The lowest BCUT2D eigenvalue weighted by Crippen LogP contribution is -2.31. The maximum Gasteiger partial charge on any atom is 0.243 e. The number of carbonyl (C=O) groups excluding carboxylic acids is 1. The highest BCUT2D eigenvalue weighted by Gasteiger charge is 2.24. The monoisotopic (exact) mass is 478 g/mol. The van der Waals surface area contributed by atoms with E-state index < -0.39 is 10.0 Å². The molecule has 0 aliphatic carbocycles. The first-order valence-electron chi connectivity index (χ1n) is 10.1. The molecule has 156 valence electrons. The van der Waals surface area contributed by atoms with Gasteiger partial charge in [-0.1, -0.05) is 53.0 Å². The highest BCUT2D eigenvalue weighted by Crippen LogP contribution is 2.20. The predicted octanol–water partition coefficient (Wildman–Crippen LogP) is 3.92. The maximum absolute atomic E-state index is 12.8. The molecule has 1 saturated heterocycles. The number of carbonyl (C=O) groups is 1. The number of hydrogen-bond donors (Lipinski definition) is 1. The third kappa shape index (κ3) is 6.39. The standard InChI is InChI=1S/C22H27BrN2O3S/c23-20-9-5-19(6-10-20)17-22(26)24-14-13-18-7-11-21(12-8-18)29(27,28)25-15-3-1-2-4-16-25/h5-12H,1-4,13-17H2,(H,24,26). The van der Waals surface area contributed by atoms with Crippen molar-refractivity contribution >= 4 is 31.9 Å². The zero-order valence-electron chi connectivity index (χ0n) is 16.4. The zero-order chi connectivity index (χ0) is 20.7. The van der Waals surface area contributed by atoms with Crippen LogP contribution in [0.5, 0.6) is 0 Å². The van der Waals surface area contributed by atoms with Gasteiger partial charge in [0, 0.05) is 24.1 Å².